The molecule has 0 saturated carbocycles. The summed E-state index contributed by atoms with van der Waals surface area (Å²) in [5.74, 6) is -2.92. The van der Waals surface area contributed by atoms with Crippen LogP contribution in [-0.4, -0.2) is 62.9 Å². The third kappa shape index (κ3) is 10.2. The van der Waals surface area contributed by atoms with Crippen molar-refractivity contribution in [3.05, 3.63) is 90.0 Å². The molecule has 4 atom stereocenters. The first-order valence-electron chi connectivity index (χ1n) is 13.6. The lowest BCUT2D eigenvalue weighted by molar-refractivity contribution is -0.142. The van der Waals surface area contributed by atoms with Crippen LogP contribution >= 0.6 is 0 Å². The highest BCUT2D eigenvalue weighted by molar-refractivity contribution is 5.94. The standard InChI is InChI=1S/C30H38N6O5/c1-19(2)13-26(30(40)41)36-28(38)24(15-21-11-7-4-8-12-21)35-29(39)25(16-22-17-32-18-33-22)34-27(37)23(31)14-20-9-5-3-6-10-20/h3-12,17-19,23-26H,13-16,31H2,1-2H3,(H,32,33)(H,34,37)(H,35,39)(H,36,38)(H,40,41). The Morgan fingerprint density at radius 2 is 1.29 bits per heavy atom. The molecular weight excluding hydrogens is 524 g/mol. The summed E-state index contributed by atoms with van der Waals surface area (Å²) in [7, 11) is 0. The molecule has 0 saturated heterocycles. The molecule has 41 heavy (non-hydrogen) atoms. The second kappa shape index (κ2) is 15.3. The second-order valence-corrected chi connectivity index (χ2v) is 10.4. The van der Waals surface area contributed by atoms with E-state index in [-0.39, 0.29) is 31.6 Å². The lowest BCUT2D eigenvalue weighted by atomic mass is 10.0. The maximum absolute atomic E-state index is 13.6. The summed E-state index contributed by atoms with van der Waals surface area (Å²) in [6, 6.07) is 14.1. The predicted octanol–water partition coefficient (Wildman–Crippen LogP) is 1.35. The van der Waals surface area contributed by atoms with E-state index in [4.69, 9.17) is 5.73 Å². The molecule has 218 valence electrons. The summed E-state index contributed by atoms with van der Waals surface area (Å²) < 4.78 is 0. The first-order valence-corrected chi connectivity index (χ1v) is 13.6. The van der Waals surface area contributed by atoms with Crippen molar-refractivity contribution < 1.29 is 24.3 Å². The Labute approximate surface area is 239 Å². The number of nitrogens with two attached hydrogens (primary N) is 1. The molecular formula is C30H38N6O5. The van der Waals surface area contributed by atoms with E-state index in [1.54, 1.807) is 12.1 Å². The van der Waals surface area contributed by atoms with Gasteiger partial charge in [-0.05, 0) is 29.9 Å². The van der Waals surface area contributed by atoms with Crippen LogP contribution in [0.2, 0.25) is 0 Å². The number of aromatic amines is 1. The molecule has 7 N–H and O–H groups in total. The van der Waals surface area contributed by atoms with Crippen LogP contribution in [0.25, 0.3) is 0 Å². The summed E-state index contributed by atoms with van der Waals surface area (Å²) in [5, 5.41) is 17.7. The van der Waals surface area contributed by atoms with Gasteiger partial charge in [-0.25, -0.2) is 9.78 Å². The average Bonchev–Trinajstić information content (AvgIpc) is 3.46. The van der Waals surface area contributed by atoms with Gasteiger partial charge >= 0.3 is 5.97 Å². The van der Waals surface area contributed by atoms with Gasteiger partial charge in [-0.3, -0.25) is 14.4 Å². The van der Waals surface area contributed by atoms with Gasteiger partial charge < -0.3 is 31.8 Å². The van der Waals surface area contributed by atoms with Crippen LogP contribution in [0.5, 0.6) is 0 Å². The van der Waals surface area contributed by atoms with Crippen LogP contribution in [0.4, 0.5) is 0 Å². The number of carboxylic acids is 1. The average molecular weight is 563 g/mol. The summed E-state index contributed by atoms with van der Waals surface area (Å²) in [6.07, 6.45) is 3.68. The number of amides is 3. The van der Waals surface area contributed by atoms with Gasteiger partial charge in [0.25, 0.3) is 0 Å². The fourth-order valence-corrected chi connectivity index (χ4v) is 4.36. The first-order chi connectivity index (χ1) is 19.6. The van der Waals surface area contributed by atoms with Crippen molar-refractivity contribution in [2.45, 2.75) is 63.7 Å². The van der Waals surface area contributed by atoms with Crippen molar-refractivity contribution in [1.82, 2.24) is 25.9 Å². The van der Waals surface area contributed by atoms with E-state index in [0.717, 1.165) is 11.1 Å². The Morgan fingerprint density at radius 1 is 0.780 bits per heavy atom. The van der Waals surface area contributed by atoms with E-state index in [9.17, 15) is 24.3 Å². The fraction of sp³-hybridized carbons (Fsp3) is 0.367. The van der Waals surface area contributed by atoms with E-state index < -0.39 is 47.9 Å². The van der Waals surface area contributed by atoms with Crippen molar-refractivity contribution in [2.75, 3.05) is 0 Å². The monoisotopic (exact) mass is 562 g/mol. The van der Waals surface area contributed by atoms with E-state index in [1.165, 1.54) is 12.5 Å². The number of nitrogens with one attached hydrogen (secondary N) is 4. The largest absolute Gasteiger partial charge is 0.480 e. The second-order valence-electron chi connectivity index (χ2n) is 10.4. The van der Waals surface area contributed by atoms with Crippen LogP contribution in [-0.2, 0) is 38.4 Å². The summed E-state index contributed by atoms with van der Waals surface area (Å²) >= 11 is 0. The van der Waals surface area contributed by atoms with Crippen LogP contribution in [0.15, 0.2) is 73.2 Å². The van der Waals surface area contributed by atoms with Crippen molar-refractivity contribution in [2.24, 2.45) is 11.7 Å². The molecule has 0 radical (unpaired) electrons. The number of H-pyrrole nitrogens is 1. The highest BCUT2D eigenvalue weighted by Gasteiger charge is 2.31. The zero-order valence-electron chi connectivity index (χ0n) is 23.2. The normalized spacial score (nSPS) is 14.0. The van der Waals surface area contributed by atoms with Crippen molar-refractivity contribution in [3.63, 3.8) is 0 Å². The number of carboxylic acid groups (broad SMARTS) is 1. The van der Waals surface area contributed by atoms with Crippen molar-refractivity contribution >= 4 is 23.7 Å². The maximum atomic E-state index is 13.6. The van der Waals surface area contributed by atoms with Crippen LogP contribution in [0.1, 0.15) is 37.1 Å². The number of aromatic nitrogens is 2. The van der Waals surface area contributed by atoms with Gasteiger partial charge in [-0.2, -0.15) is 0 Å². The number of carbonyl (C=O) groups excluding carboxylic acids is 3. The van der Waals surface area contributed by atoms with E-state index in [1.807, 2.05) is 62.4 Å². The molecule has 3 amide bonds. The number of carbonyl (C=O) groups is 4. The Hall–Kier alpha value is -4.51. The van der Waals surface area contributed by atoms with Crippen LogP contribution < -0.4 is 21.7 Å². The van der Waals surface area contributed by atoms with Gasteiger partial charge in [0.2, 0.25) is 17.7 Å². The number of imidazole rings is 1. The van der Waals surface area contributed by atoms with Gasteiger partial charge in [0, 0.05) is 24.7 Å². The summed E-state index contributed by atoms with van der Waals surface area (Å²) in [6.45, 7) is 3.72. The Balaban J connectivity index is 1.79. The van der Waals surface area contributed by atoms with E-state index in [2.05, 4.69) is 25.9 Å². The summed E-state index contributed by atoms with van der Waals surface area (Å²) in [4.78, 5) is 58.7. The summed E-state index contributed by atoms with van der Waals surface area (Å²) in [5.41, 5.74) is 8.39. The molecule has 3 rings (SSSR count). The molecule has 11 nitrogen and oxygen atoms in total. The van der Waals surface area contributed by atoms with Crippen molar-refractivity contribution in [1.29, 1.82) is 0 Å². The molecule has 1 aromatic heterocycles. The zero-order valence-corrected chi connectivity index (χ0v) is 23.2. The molecule has 0 aliphatic heterocycles. The van der Waals surface area contributed by atoms with E-state index in [0.29, 0.717) is 5.69 Å². The Bertz CT molecular complexity index is 1270. The van der Waals surface area contributed by atoms with Gasteiger partial charge in [-0.1, -0.05) is 74.5 Å². The fourth-order valence-electron chi connectivity index (χ4n) is 4.36. The number of aliphatic carboxylic acids is 1. The Morgan fingerprint density at radius 3 is 1.80 bits per heavy atom. The van der Waals surface area contributed by atoms with Gasteiger partial charge in [0.15, 0.2) is 0 Å². The highest BCUT2D eigenvalue weighted by Crippen LogP contribution is 2.09. The molecule has 0 fully saturated rings. The molecule has 3 aromatic rings. The molecule has 0 aliphatic carbocycles. The van der Waals surface area contributed by atoms with Crippen molar-refractivity contribution in [3.8, 4) is 0 Å². The molecule has 0 bridgehead atoms. The number of nitrogens with zero attached hydrogens (tertiary/aromatic N) is 1. The van der Waals surface area contributed by atoms with E-state index >= 15 is 0 Å². The number of hydrogen-bond acceptors (Lipinski definition) is 6. The molecule has 1 heterocycles. The topological polar surface area (TPSA) is 179 Å². The Kier molecular flexibility index (Phi) is 11.6. The minimum atomic E-state index is -1.16. The number of hydrogen-bond donors (Lipinski definition) is 6. The predicted molar refractivity (Wildman–Crippen MR) is 153 cm³/mol. The molecule has 0 aliphatic rings. The van der Waals surface area contributed by atoms with Gasteiger partial charge in [-0.15, -0.1) is 0 Å². The molecule has 0 spiro atoms. The highest BCUT2D eigenvalue weighted by atomic mass is 16.4. The number of rotatable bonds is 15. The van der Waals surface area contributed by atoms with Gasteiger partial charge in [0.1, 0.15) is 18.1 Å². The minimum absolute atomic E-state index is 0.0210. The lowest BCUT2D eigenvalue weighted by Crippen LogP contribution is -2.58. The quantitative estimate of drug-likeness (QED) is 0.162. The lowest BCUT2D eigenvalue weighted by Gasteiger charge is -2.25. The zero-order chi connectivity index (χ0) is 29.8. The first kappa shape index (κ1) is 31.0. The molecule has 4 unspecified atom stereocenters. The third-order valence-corrected chi connectivity index (χ3v) is 6.48. The minimum Gasteiger partial charge on any atom is -0.480 e. The maximum Gasteiger partial charge on any atom is 0.326 e. The molecule has 11 heteroatoms. The van der Waals surface area contributed by atoms with Crippen LogP contribution in [0, 0.1) is 5.92 Å². The molecule has 2 aromatic carbocycles. The van der Waals surface area contributed by atoms with Gasteiger partial charge in [0.05, 0.1) is 12.4 Å². The van der Waals surface area contributed by atoms with Crippen LogP contribution in [0.3, 0.4) is 0 Å². The third-order valence-electron chi connectivity index (χ3n) is 6.48. The number of benzene rings is 2. The smallest absolute Gasteiger partial charge is 0.326 e. The SMILES string of the molecule is CC(C)CC(NC(=O)C(Cc1ccccc1)NC(=O)C(Cc1cnc[nH]1)NC(=O)C(N)Cc1ccccc1)C(=O)O.